The summed E-state index contributed by atoms with van der Waals surface area (Å²) in [7, 11) is -3.28. The molecule has 216 valence electrons. The highest BCUT2D eigenvalue weighted by molar-refractivity contribution is 7.92. The highest BCUT2D eigenvalue weighted by Gasteiger charge is 2.50. The van der Waals surface area contributed by atoms with E-state index >= 15 is 0 Å². The van der Waals surface area contributed by atoms with Crippen LogP contribution < -0.4 is 0 Å². The van der Waals surface area contributed by atoms with Crippen LogP contribution in [0.3, 0.4) is 0 Å². The molecule has 16 heteroatoms. The fourth-order valence-corrected chi connectivity index (χ4v) is 6.40. The molecule has 2 aliphatic heterocycles. The number of aromatic nitrogens is 1. The molecule has 1 aromatic carbocycles. The number of nitrogens with zero attached hydrogens (tertiary/aromatic N) is 2. The highest BCUT2D eigenvalue weighted by Crippen LogP contribution is 2.46. The molecule has 4 heterocycles. The third kappa shape index (κ3) is 7.18. The lowest BCUT2D eigenvalue weighted by Gasteiger charge is -2.17. The maximum Gasteiger partial charge on any atom is 0.490 e. The van der Waals surface area contributed by atoms with Gasteiger partial charge in [-0.1, -0.05) is 6.07 Å². The van der Waals surface area contributed by atoms with Crippen LogP contribution in [0, 0.1) is 0 Å². The first-order valence-electron chi connectivity index (χ1n) is 11.1. The quantitative estimate of drug-likeness (QED) is 0.424. The molecule has 2 N–H and O–H groups in total. The van der Waals surface area contributed by atoms with Crippen molar-refractivity contribution < 1.29 is 59.0 Å². The van der Waals surface area contributed by atoms with E-state index in [-0.39, 0.29) is 11.2 Å². The normalized spacial score (nSPS) is 19.4. The Hall–Kier alpha value is -3.92. The first-order valence-corrected chi connectivity index (χ1v) is 12.7. The molecular weight excluding hydrogens is 574 g/mol. The van der Waals surface area contributed by atoms with Crippen molar-refractivity contribution in [1.82, 2.24) is 9.88 Å². The maximum absolute atomic E-state index is 13.0. The lowest BCUT2D eigenvalue weighted by atomic mass is 9.96. The van der Waals surface area contributed by atoms with Crippen LogP contribution in [0.15, 0.2) is 70.4 Å². The third-order valence-electron chi connectivity index (χ3n) is 5.88. The Balaban J connectivity index is 0.000000263. The maximum atomic E-state index is 13.0. The van der Waals surface area contributed by atoms with Gasteiger partial charge in [0.1, 0.15) is 5.76 Å². The summed E-state index contributed by atoms with van der Waals surface area (Å²) < 4.78 is 94.9. The van der Waals surface area contributed by atoms with Crippen molar-refractivity contribution in [1.29, 1.82) is 0 Å². The first kappa shape index (κ1) is 30.6. The van der Waals surface area contributed by atoms with Crippen LogP contribution in [0.25, 0.3) is 11.3 Å². The molecule has 2 unspecified atom stereocenters. The average molecular weight is 594 g/mol. The minimum Gasteiger partial charge on any atom is -0.475 e. The van der Waals surface area contributed by atoms with Crippen LogP contribution in [0.5, 0.6) is 0 Å². The number of aliphatic carboxylic acids is 2. The van der Waals surface area contributed by atoms with Gasteiger partial charge in [0, 0.05) is 43.5 Å². The van der Waals surface area contributed by atoms with Gasteiger partial charge in [-0.2, -0.15) is 26.3 Å². The number of carboxylic acids is 2. The van der Waals surface area contributed by atoms with Crippen LogP contribution in [-0.4, -0.2) is 71.1 Å². The number of pyridine rings is 1. The fourth-order valence-electron chi connectivity index (χ4n) is 4.20. The predicted molar refractivity (Wildman–Crippen MR) is 125 cm³/mol. The molecule has 0 spiro atoms. The molecular formula is C24H20F6N2O7S. The second-order valence-corrected chi connectivity index (χ2v) is 10.7. The number of carboxylic acid groups (broad SMARTS) is 2. The zero-order chi connectivity index (χ0) is 29.9. The first-order chi connectivity index (χ1) is 18.5. The Bertz CT molecular complexity index is 1420. The molecule has 9 nitrogen and oxygen atoms in total. The van der Waals surface area contributed by atoms with Gasteiger partial charge in [0.25, 0.3) is 0 Å². The number of furan rings is 1. The Morgan fingerprint density at radius 2 is 1.60 bits per heavy atom. The van der Waals surface area contributed by atoms with Gasteiger partial charge in [-0.05, 0) is 47.5 Å². The van der Waals surface area contributed by atoms with E-state index in [1.165, 1.54) is 0 Å². The van der Waals surface area contributed by atoms with Crippen molar-refractivity contribution in [3.05, 3.63) is 72.2 Å². The number of likely N-dealkylation sites (tertiary alicyclic amines) is 1. The smallest absolute Gasteiger partial charge is 0.475 e. The molecule has 2 atom stereocenters. The topological polar surface area (TPSA) is 138 Å². The van der Waals surface area contributed by atoms with Gasteiger partial charge >= 0.3 is 24.3 Å². The lowest BCUT2D eigenvalue weighted by Crippen LogP contribution is -2.25. The van der Waals surface area contributed by atoms with E-state index in [1.54, 1.807) is 18.5 Å². The van der Waals surface area contributed by atoms with E-state index < -0.39 is 34.1 Å². The molecule has 0 aliphatic carbocycles. The van der Waals surface area contributed by atoms with Gasteiger partial charge in [-0.3, -0.25) is 9.88 Å². The van der Waals surface area contributed by atoms with Gasteiger partial charge in [-0.25, -0.2) is 18.0 Å². The molecule has 1 saturated heterocycles. The number of hydrogen-bond donors (Lipinski definition) is 2. The van der Waals surface area contributed by atoms with E-state index in [0.717, 1.165) is 35.5 Å². The van der Waals surface area contributed by atoms with Crippen molar-refractivity contribution in [2.45, 2.75) is 35.0 Å². The minimum absolute atomic E-state index is 0.0154. The molecule has 1 fully saturated rings. The standard InChI is InChI=1S/C20H18N2O3S.2C2HF3O2/c23-26(24)19-6-5-15(18-4-2-8-25-18)9-16(19)17-12-22(13-20(17)26)11-14-3-1-7-21-10-14;2*3-2(4,5)1(6)7/h1-10,17,20H,11-13H2;2*(H,6,7). The van der Waals surface area contributed by atoms with Crippen molar-refractivity contribution in [2.75, 3.05) is 13.1 Å². The number of rotatable bonds is 3. The summed E-state index contributed by atoms with van der Waals surface area (Å²) in [4.78, 5) is 24.6. The zero-order valence-electron chi connectivity index (χ0n) is 20.1. The number of halogens is 6. The van der Waals surface area contributed by atoms with Gasteiger partial charge < -0.3 is 14.6 Å². The molecule has 2 aliphatic rings. The molecule has 5 rings (SSSR count). The molecule has 0 amide bonds. The Morgan fingerprint density at radius 1 is 0.975 bits per heavy atom. The van der Waals surface area contributed by atoms with Crippen LogP contribution in [0.4, 0.5) is 26.3 Å². The number of sulfone groups is 1. The number of fused-ring (bicyclic) bond motifs is 3. The number of carbonyl (C=O) groups is 2. The molecule has 0 radical (unpaired) electrons. The van der Waals surface area contributed by atoms with Crippen molar-refractivity contribution in [3.63, 3.8) is 0 Å². The highest BCUT2D eigenvalue weighted by atomic mass is 32.2. The van der Waals surface area contributed by atoms with Gasteiger partial charge in [0.15, 0.2) is 9.84 Å². The Morgan fingerprint density at radius 3 is 2.10 bits per heavy atom. The molecule has 3 aromatic rings. The molecule has 40 heavy (non-hydrogen) atoms. The zero-order valence-corrected chi connectivity index (χ0v) is 20.9. The van der Waals surface area contributed by atoms with E-state index in [2.05, 4.69) is 9.88 Å². The average Bonchev–Trinajstić information content (AvgIpc) is 3.58. The van der Waals surface area contributed by atoms with Crippen molar-refractivity contribution >= 4 is 21.8 Å². The third-order valence-corrected chi connectivity index (χ3v) is 8.14. The van der Waals surface area contributed by atoms with Crippen LogP contribution >= 0.6 is 0 Å². The summed E-state index contributed by atoms with van der Waals surface area (Å²) in [5.41, 5.74) is 2.96. The lowest BCUT2D eigenvalue weighted by molar-refractivity contribution is -0.193. The van der Waals surface area contributed by atoms with E-state index in [0.29, 0.717) is 11.4 Å². The van der Waals surface area contributed by atoms with Gasteiger partial charge in [0.2, 0.25) is 0 Å². The summed E-state index contributed by atoms with van der Waals surface area (Å²) in [5, 5.41) is 13.9. The summed E-state index contributed by atoms with van der Waals surface area (Å²) in [6.45, 7) is 2.03. The summed E-state index contributed by atoms with van der Waals surface area (Å²) in [6.07, 6.45) is -4.95. The molecule has 2 aromatic heterocycles. The van der Waals surface area contributed by atoms with E-state index in [1.807, 2.05) is 42.6 Å². The summed E-state index contributed by atoms with van der Waals surface area (Å²) in [6, 6.07) is 13.2. The molecule has 0 saturated carbocycles. The Labute approximate surface area is 222 Å². The number of benzene rings is 1. The van der Waals surface area contributed by atoms with E-state index in [4.69, 9.17) is 24.2 Å². The summed E-state index contributed by atoms with van der Waals surface area (Å²) in [5.74, 6) is -4.74. The van der Waals surface area contributed by atoms with Gasteiger partial charge in [0.05, 0.1) is 16.4 Å². The van der Waals surface area contributed by atoms with Crippen LogP contribution in [-0.2, 0) is 26.0 Å². The largest absolute Gasteiger partial charge is 0.490 e. The molecule has 0 bridgehead atoms. The Kier molecular flexibility index (Phi) is 8.94. The second-order valence-electron chi connectivity index (χ2n) is 8.58. The summed E-state index contributed by atoms with van der Waals surface area (Å²) >= 11 is 0. The van der Waals surface area contributed by atoms with Crippen LogP contribution in [0.1, 0.15) is 17.0 Å². The van der Waals surface area contributed by atoms with Crippen molar-refractivity contribution in [2.24, 2.45) is 0 Å². The van der Waals surface area contributed by atoms with Gasteiger partial charge in [-0.15, -0.1) is 0 Å². The predicted octanol–water partition coefficient (Wildman–Crippen LogP) is 4.36. The number of hydrogen-bond acceptors (Lipinski definition) is 7. The SMILES string of the molecule is O=C(O)C(F)(F)F.O=C(O)C(F)(F)F.O=S1(=O)c2ccc(-c3ccco3)cc2C2CN(Cc3cccnc3)CC21. The minimum atomic E-state index is -5.08. The second kappa shape index (κ2) is 11.7. The van der Waals surface area contributed by atoms with E-state index in [9.17, 15) is 34.8 Å². The van der Waals surface area contributed by atoms with Crippen molar-refractivity contribution in [3.8, 4) is 11.3 Å². The monoisotopic (exact) mass is 594 g/mol. The van der Waals surface area contributed by atoms with Crippen LogP contribution in [0.2, 0.25) is 0 Å². The number of alkyl halides is 6. The fraction of sp³-hybridized carbons (Fsp3) is 0.292.